The van der Waals surface area contributed by atoms with Gasteiger partial charge in [0.05, 0.1) is 0 Å². The molecule has 5 nitrogen and oxygen atoms in total. The van der Waals surface area contributed by atoms with E-state index >= 15 is 0 Å². The normalized spacial score (nSPS) is 12.2. The Labute approximate surface area is 241 Å². The first-order valence-electron chi connectivity index (χ1n) is 13.8. The van der Waals surface area contributed by atoms with Gasteiger partial charge in [-0.25, -0.2) is 4.67 Å². The number of nitrogens with zero attached hydrogens (tertiary/aromatic N) is 1. The molecule has 0 bridgehead atoms. The van der Waals surface area contributed by atoms with Gasteiger partial charge >= 0.3 is 0 Å². The Bertz CT molecular complexity index is 1220. The maximum atomic E-state index is 6.30. The van der Waals surface area contributed by atoms with E-state index in [0.717, 1.165) is 34.8 Å². The molecule has 6 heteroatoms. The summed E-state index contributed by atoms with van der Waals surface area (Å²) in [6, 6.07) is 36.7. The third kappa shape index (κ3) is 9.98. The summed E-state index contributed by atoms with van der Waals surface area (Å²) in [7, 11) is 2.85. The second-order valence-corrected chi connectivity index (χ2v) is 10.9. The molecule has 4 rings (SSSR count). The lowest BCUT2D eigenvalue weighted by Gasteiger charge is -2.32. The molecule has 0 saturated heterocycles. The van der Waals surface area contributed by atoms with Gasteiger partial charge < -0.3 is 18.7 Å². The van der Waals surface area contributed by atoms with Crippen LogP contribution in [0.1, 0.15) is 37.5 Å². The summed E-state index contributed by atoms with van der Waals surface area (Å²) in [4.78, 5) is 0. The molecule has 0 aliphatic heterocycles. The molecule has 2 unspecified atom stereocenters. The van der Waals surface area contributed by atoms with Crippen LogP contribution in [0.4, 0.5) is 0 Å². The van der Waals surface area contributed by atoms with Crippen LogP contribution in [0.2, 0.25) is 0 Å². The van der Waals surface area contributed by atoms with Crippen molar-refractivity contribution in [3.8, 4) is 17.2 Å². The summed E-state index contributed by atoms with van der Waals surface area (Å²) in [5, 5.41) is 0. The molecule has 0 heterocycles. The van der Waals surface area contributed by atoms with Crippen LogP contribution >= 0.6 is 8.30 Å². The van der Waals surface area contributed by atoms with E-state index in [2.05, 4.69) is 55.0 Å². The van der Waals surface area contributed by atoms with Gasteiger partial charge in [-0.3, -0.25) is 0 Å². The Morgan fingerprint density at radius 1 is 0.675 bits per heavy atom. The fourth-order valence-corrected chi connectivity index (χ4v) is 5.44. The maximum Gasteiger partial charge on any atom is 0.190 e. The minimum absolute atomic E-state index is 0.220. The van der Waals surface area contributed by atoms with Crippen molar-refractivity contribution in [2.24, 2.45) is 0 Å². The molecular formula is C34H42NO4P. The highest BCUT2D eigenvalue weighted by Crippen LogP contribution is 2.43. The number of methoxy groups -OCH3 is 1. The van der Waals surface area contributed by atoms with E-state index in [9.17, 15) is 0 Å². The van der Waals surface area contributed by atoms with Crippen molar-refractivity contribution in [3.05, 3.63) is 126 Å². The Hall–Kier alpha value is -3.37. The minimum atomic E-state index is -0.961. The van der Waals surface area contributed by atoms with E-state index in [1.165, 1.54) is 5.56 Å². The topological polar surface area (TPSA) is 40.2 Å². The fraction of sp³-hybridized carbons (Fsp3) is 0.294. The van der Waals surface area contributed by atoms with E-state index in [1.807, 2.05) is 86.6 Å². The highest BCUT2D eigenvalue weighted by molar-refractivity contribution is 7.50. The van der Waals surface area contributed by atoms with Gasteiger partial charge in [0.1, 0.15) is 25.3 Å². The molecule has 0 saturated carbocycles. The van der Waals surface area contributed by atoms with Crippen LogP contribution in [0.3, 0.4) is 0 Å². The van der Waals surface area contributed by atoms with E-state index in [4.69, 9.17) is 18.7 Å². The lowest BCUT2D eigenvalue weighted by molar-refractivity contribution is 0.236. The number of hydrogen-bond donors (Lipinski definition) is 0. The van der Waals surface area contributed by atoms with E-state index in [0.29, 0.717) is 19.6 Å². The van der Waals surface area contributed by atoms with Crippen LogP contribution in [-0.4, -0.2) is 31.2 Å². The second-order valence-electron chi connectivity index (χ2n) is 9.13. The van der Waals surface area contributed by atoms with Crippen LogP contribution < -0.4 is 14.0 Å². The van der Waals surface area contributed by atoms with Crippen LogP contribution in [0.5, 0.6) is 17.2 Å². The largest absolute Gasteiger partial charge is 0.485 e. The van der Waals surface area contributed by atoms with Gasteiger partial charge in [-0.05, 0) is 61.3 Å². The van der Waals surface area contributed by atoms with Crippen molar-refractivity contribution < 1.29 is 18.7 Å². The monoisotopic (exact) mass is 559 g/mol. The molecule has 0 spiro atoms. The van der Waals surface area contributed by atoms with E-state index in [1.54, 1.807) is 7.11 Å². The summed E-state index contributed by atoms with van der Waals surface area (Å²) >= 11 is 0. The predicted molar refractivity (Wildman–Crippen MR) is 166 cm³/mol. The van der Waals surface area contributed by atoms with Crippen LogP contribution in [0.15, 0.2) is 109 Å². The second kappa shape index (κ2) is 17.3. The zero-order valence-corrected chi connectivity index (χ0v) is 25.2. The molecule has 0 aliphatic rings. The summed E-state index contributed by atoms with van der Waals surface area (Å²) in [6.07, 6.45) is 1.36. The van der Waals surface area contributed by atoms with Crippen molar-refractivity contribution in [2.45, 2.75) is 46.4 Å². The molecule has 2 atom stereocenters. The number of likely N-dealkylation sites (N-methyl/N-ethyl adjacent to an activating group) is 1. The molecular weight excluding hydrogens is 517 g/mol. The lowest BCUT2D eigenvalue weighted by Crippen LogP contribution is -2.29. The number of para-hydroxylation sites is 1. The molecule has 4 aromatic rings. The average molecular weight is 560 g/mol. The first-order chi connectivity index (χ1) is 19.6. The van der Waals surface area contributed by atoms with Gasteiger partial charge in [0.15, 0.2) is 19.8 Å². The molecule has 0 aromatic heterocycles. The van der Waals surface area contributed by atoms with E-state index < -0.39 is 8.30 Å². The van der Waals surface area contributed by atoms with Crippen LogP contribution in [0, 0.1) is 0 Å². The number of hydrogen-bond acceptors (Lipinski definition) is 5. The standard InChI is InChI=1S/C32H36NO4P.C2H6/c1-26(33(2)38(25-34-3)37-30-17-11-6-12-18-30)21-29-19-20-31(35-23-27-13-7-4-8-14-27)32(22-29)36-24-28-15-9-5-10-16-28;1-2/h4-20,22,26H,21,23-25H2,1-3H3;1-2H3. The molecule has 40 heavy (non-hydrogen) atoms. The Morgan fingerprint density at radius 3 is 1.75 bits per heavy atom. The van der Waals surface area contributed by atoms with Gasteiger partial charge in [0, 0.05) is 13.2 Å². The molecule has 0 fully saturated rings. The predicted octanol–water partition coefficient (Wildman–Crippen LogP) is 8.73. The zero-order valence-electron chi connectivity index (χ0n) is 24.3. The number of ether oxygens (including phenoxy) is 3. The molecule has 0 radical (unpaired) electrons. The Kier molecular flexibility index (Phi) is 13.5. The number of benzene rings is 4. The van der Waals surface area contributed by atoms with Crippen molar-refractivity contribution in [2.75, 3.05) is 20.5 Å². The molecule has 0 N–H and O–H groups in total. The van der Waals surface area contributed by atoms with Crippen LogP contribution in [0.25, 0.3) is 0 Å². The highest BCUT2D eigenvalue weighted by Gasteiger charge is 2.23. The third-order valence-corrected chi connectivity index (χ3v) is 8.20. The zero-order chi connectivity index (χ0) is 28.6. The first kappa shape index (κ1) is 31.2. The Morgan fingerprint density at radius 2 is 1.20 bits per heavy atom. The molecule has 212 valence electrons. The van der Waals surface area contributed by atoms with E-state index in [-0.39, 0.29) is 6.04 Å². The SMILES string of the molecule is CC.COCP(Oc1ccccc1)N(C)C(C)Cc1ccc(OCc2ccccc2)c(OCc2ccccc2)c1. The summed E-state index contributed by atoms with van der Waals surface area (Å²) in [6.45, 7) is 7.17. The van der Waals surface area contributed by atoms with Crippen molar-refractivity contribution in [1.29, 1.82) is 0 Å². The summed E-state index contributed by atoms with van der Waals surface area (Å²) in [5.41, 5.74) is 3.40. The lowest BCUT2D eigenvalue weighted by atomic mass is 10.1. The fourth-order valence-electron chi connectivity index (χ4n) is 3.97. The van der Waals surface area contributed by atoms with Gasteiger partial charge in [-0.1, -0.05) is 98.8 Å². The minimum Gasteiger partial charge on any atom is -0.485 e. The quantitative estimate of drug-likeness (QED) is 0.145. The van der Waals surface area contributed by atoms with Crippen LogP contribution in [-0.2, 0) is 24.4 Å². The molecule has 0 amide bonds. The molecule has 4 aromatic carbocycles. The average Bonchev–Trinajstić information content (AvgIpc) is 3.01. The third-order valence-electron chi connectivity index (χ3n) is 6.20. The maximum absolute atomic E-state index is 6.30. The molecule has 0 aliphatic carbocycles. The van der Waals surface area contributed by atoms with Crippen molar-refractivity contribution in [1.82, 2.24) is 4.67 Å². The Balaban J connectivity index is 0.00000216. The summed E-state index contributed by atoms with van der Waals surface area (Å²) < 4.78 is 26.5. The number of rotatable bonds is 14. The van der Waals surface area contributed by atoms with Gasteiger partial charge in [0.2, 0.25) is 0 Å². The first-order valence-corrected chi connectivity index (χ1v) is 15.2. The highest BCUT2D eigenvalue weighted by atomic mass is 31.2. The smallest absolute Gasteiger partial charge is 0.190 e. The van der Waals surface area contributed by atoms with Gasteiger partial charge in [-0.15, -0.1) is 0 Å². The van der Waals surface area contributed by atoms with Gasteiger partial charge in [0.25, 0.3) is 0 Å². The summed E-state index contributed by atoms with van der Waals surface area (Å²) in [5.74, 6) is 2.34. The van der Waals surface area contributed by atoms with Crippen molar-refractivity contribution in [3.63, 3.8) is 0 Å². The van der Waals surface area contributed by atoms with Gasteiger partial charge in [-0.2, -0.15) is 0 Å². The van der Waals surface area contributed by atoms with Crippen molar-refractivity contribution >= 4 is 8.30 Å².